The topological polar surface area (TPSA) is 59.1 Å². The minimum Gasteiger partial charge on any atom is -0.398 e. The van der Waals surface area contributed by atoms with Gasteiger partial charge in [-0.2, -0.15) is 0 Å². The van der Waals surface area contributed by atoms with Gasteiger partial charge in [0.2, 0.25) is 0 Å². The van der Waals surface area contributed by atoms with Crippen LogP contribution in [0.4, 0.5) is 5.69 Å². The van der Waals surface area contributed by atoms with Gasteiger partial charge < -0.3 is 10.8 Å². The number of anilines is 1. The molecule has 1 unspecified atom stereocenters. The number of benzene rings is 2. The van der Waals surface area contributed by atoms with Crippen LogP contribution in [-0.2, 0) is 0 Å². The summed E-state index contributed by atoms with van der Waals surface area (Å²) in [5.74, 6) is 0. The van der Waals surface area contributed by atoms with E-state index in [1.807, 2.05) is 48.5 Å². The van der Waals surface area contributed by atoms with Crippen molar-refractivity contribution in [2.24, 2.45) is 0 Å². The number of hydrogen-bond donors (Lipinski definition) is 2. The summed E-state index contributed by atoms with van der Waals surface area (Å²) >= 11 is 0. The summed E-state index contributed by atoms with van der Waals surface area (Å²) in [5, 5.41) is 11.6. The van der Waals surface area contributed by atoms with Crippen LogP contribution in [0.25, 0.3) is 10.9 Å². The molecule has 94 valence electrons. The molecule has 0 fully saturated rings. The van der Waals surface area contributed by atoms with Crippen molar-refractivity contribution in [1.29, 1.82) is 0 Å². The number of nitrogens with zero attached hydrogens (tertiary/aromatic N) is 1. The molecule has 0 spiro atoms. The Morgan fingerprint density at radius 2 is 1.63 bits per heavy atom. The molecule has 0 bridgehead atoms. The van der Waals surface area contributed by atoms with Crippen LogP contribution in [0.15, 0.2) is 60.8 Å². The number of nitrogens with two attached hydrogens (primary N) is 1. The molecule has 0 saturated carbocycles. The maximum absolute atomic E-state index is 10.6. The van der Waals surface area contributed by atoms with Gasteiger partial charge in [0.1, 0.15) is 6.10 Å². The van der Waals surface area contributed by atoms with Gasteiger partial charge in [0.25, 0.3) is 0 Å². The summed E-state index contributed by atoms with van der Waals surface area (Å²) < 4.78 is 0. The predicted molar refractivity (Wildman–Crippen MR) is 76.7 cm³/mol. The van der Waals surface area contributed by atoms with Crippen LogP contribution in [0.2, 0.25) is 0 Å². The lowest BCUT2D eigenvalue weighted by atomic mass is 9.98. The fraction of sp³-hybridized carbons (Fsp3) is 0.0625. The lowest BCUT2D eigenvalue weighted by molar-refractivity contribution is 0.222. The van der Waals surface area contributed by atoms with Gasteiger partial charge in [0.15, 0.2) is 0 Å². The molecule has 1 aromatic heterocycles. The van der Waals surface area contributed by atoms with Gasteiger partial charge in [-0.15, -0.1) is 0 Å². The van der Waals surface area contributed by atoms with Crippen LogP contribution in [0.5, 0.6) is 0 Å². The highest BCUT2D eigenvalue weighted by Crippen LogP contribution is 2.30. The second-order valence-corrected chi connectivity index (χ2v) is 4.45. The molecule has 3 N–H and O–H groups in total. The highest BCUT2D eigenvalue weighted by molar-refractivity contribution is 5.82. The Morgan fingerprint density at radius 1 is 0.895 bits per heavy atom. The zero-order valence-corrected chi connectivity index (χ0v) is 10.3. The number of fused-ring (bicyclic) bond motifs is 1. The quantitative estimate of drug-likeness (QED) is 0.687. The lowest BCUT2D eigenvalue weighted by Gasteiger charge is -2.15. The van der Waals surface area contributed by atoms with Crippen molar-refractivity contribution in [3.05, 3.63) is 71.9 Å². The Hall–Kier alpha value is -2.39. The van der Waals surface area contributed by atoms with Crippen molar-refractivity contribution >= 4 is 16.6 Å². The Morgan fingerprint density at radius 3 is 2.47 bits per heavy atom. The first-order chi connectivity index (χ1) is 9.27. The molecule has 2 aromatic carbocycles. The molecule has 0 radical (unpaired) electrons. The summed E-state index contributed by atoms with van der Waals surface area (Å²) in [6.45, 7) is 0. The standard InChI is InChI=1S/C16H14N2O/c17-14-9-2-1-7-12(14)16(19)13-8-3-5-11-6-4-10-18-15(11)13/h1-10,16,19H,17H2. The second kappa shape index (κ2) is 4.71. The highest BCUT2D eigenvalue weighted by atomic mass is 16.3. The molecular weight excluding hydrogens is 236 g/mol. The monoisotopic (exact) mass is 250 g/mol. The SMILES string of the molecule is Nc1ccccc1C(O)c1cccc2cccnc12. The molecule has 3 rings (SSSR count). The number of aliphatic hydroxyl groups is 1. The molecule has 0 aliphatic heterocycles. The lowest BCUT2D eigenvalue weighted by Crippen LogP contribution is -2.04. The number of para-hydroxylation sites is 2. The van der Waals surface area contributed by atoms with Gasteiger partial charge in [0.05, 0.1) is 5.52 Å². The average molecular weight is 250 g/mol. The van der Waals surface area contributed by atoms with E-state index in [-0.39, 0.29) is 0 Å². The summed E-state index contributed by atoms with van der Waals surface area (Å²) in [6.07, 6.45) is 0.965. The van der Waals surface area contributed by atoms with E-state index in [4.69, 9.17) is 5.73 Å². The number of pyridine rings is 1. The summed E-state index contributed by atoms with van der Waals surface area (Å²) in [4.78, 5) is 4.36. The molecular formula is C16H14N2O. The van der Waals surface area contributed by atoms with Crippen molar-refractivity contribution in [3.63, 3.8) is 0 Å². The molecule has 3 heteroatoms. The fourth-order valence-corrected chi connectivity index (χ4v) is 2.28. The van der Waals surface area contributed by atoms with Gasteiger partial charge in [-0.1, -0.05) is 42.5 Å². The Bertz CT molecular complexity index is 719. The molecule has 3 nitrogen and oxygen atoms in total. The van der Waals surface area contributed by atoms with E-state index in [9.17, 15) is 5.11 Å². The maximum Gasteiger partial charge on any atom is 0.108 e. The first kappa shape index (κ1) is 11.7. The summed E-state index contributed by atoms with van der Waals surface area (Å²) in [7, 11) is 0. The number of hydrogen-bond acceptors (Lipinski definition) is 3. The van der Waals surface area contributed by atoms with Gasteiger partial charge in [-0.25, -0.2) is 0 Å². The van der Waals surface area contributed by atoms with Crippen LogP contribution < -0.4 is 5.73 Å². The Kier molecular flexibility index (Phi) is 2.89. The van der Waals surface area contributed by atoms with Gasteiger partial charge >= 0.3 is 0 Å². The highest BCUT2D eigenvalue weighted by Gasteiger charge is 2.16. The van der Waals surface area contributed by atoms with E-state index < -0.39 is 6.10 Å². The van der Waals surface area contributed by atoms with Crippen LogP contribution in [-0.4, -0.2) is 10.1 Å². The predicted octanol–water partition coefficient (Wildman–Crippen LogP) is 2.90. The van der Waals surface area contributed by atoms with Gasteiger partial charge in [-0.3, -0.25) is 4.98 Å². The smallest absolute Gasteiger partial charge is 0.108 e. The van der Waals surface area contributed by atoms with Crippen LogP contribution >= 0.6 is 0 Å². The van der Waals surface area contributed by atoms with E-state index in [1.54, 1.807) is 12.3 Å². The van der Waals surface area contributed by atoms with Crippen molar-refractivity contribution in [2.75, 3.05) is 5.73 Å². The van der Waals surface area contributed by atoms with Crippen LogP contribution in [0, 0.1) is 0 Å². The van der Waals surface area contributed by atoms with Crippen molar-refractivity contribution in [3.8, 4) is 0 Å². The van der Waals surface area contributed by atoms with Crippen molar-refractivity contribution in [1.82, 2.24) is 4.98 Å². The van der Waals surface area contributed by atoms with Crippen LogP contribution in [0.3, 0.4) is 0 Å². The molecule has 19 heavy (non-hydrogen) atoms. The van der Waals surface area contributed by atoms with E-state index in [1.165, 1.54) is 0 Å². The third-order valence-corrected chi connectivity index (χ3v) is 3.25. The molecule has 1 heterocycles. The van der Waals surface area contributed by atoms with Gasteiger partial charge in [-0.05, 0) is 12.1 Å². The zero-order valence-electron chi connectivity index (χ0n) is 10.3. The molecule has 0 aliphatic carbocycles. The molecule has 3 aromatic rings. The first-order valence-electron chi connectivity index (χ1n) is 6.13. The molecule has 0 saturated heterocycles. The number of rotatable bonds is 2. The van der Waals surface area contributed by atoms with Gasteiger partial charge in [0, 0.05) is 28.4 Å². The molecule has 1 atom stereocenters. The van der Waals surface area contributed by atoms with E-state index >= 15 is 0 Å². The number of aliphatic hydroxyl groups excluding tert-OH is 1. The average Bonchev–Trinajstić information content (AvgIpc) is 2.46. The summed E-state index contributed by atoms with van der Waals surface area (Å²) in [6, 6.07) is 17.0. The maximum atomic E-state index is 10.6. The van der Waals surface area contributed by atoms with Crippen LogP contribution in [0.1, 0.15) is 17.2 Å². The normalized spacial score (nSPS) is 12.5. The Balaban J connectivity index is 2.17. The molecule has 0 amide bonds. The Labute approximate surface area is 111 Å². The zero-order chi connectivity index (χ0) is 13.2. The third kappa shape index (κ3) is 2.04. The number of aromatic nitrogens is 1. The largest absolute Gasteiger partial charge is 0.398 e. The van der Waals surface area contributed by atoms with Crippen molar-refractivity contribution in [2.45, 2.75) is 6.10 Å². The second-order valence-electron chi connectivity index (χ2n) is 4.45. The van der Waals surface area contributed by atoms with Crippen molar-refractivity contribution < 1.29 is 5.11 Å². The summed E-state index contributed by atoms with van der Waals surface area (Å²) in [5.41, 5.74) is 8.80. The van der Waals surface area contributed by atoms with E-state index in [0.717, 1.165) is 16.5 Å². The fourth-order valence-electron chi connectivity index (χ4n) is 2.28. The van der Waals surface area contributed by atoms with E-state index in [0.29, 0.717) is 11.3 Å². The minimum absolute atomic E-state index is 0.586. The third-order valence-electron chi connectivity index (χ3n) is 3.25. The minimum atomic E-state index is -0.764. The first-order valence-corrected chi connectivity index (χ1v) is 6.13. The van der Waals surface area contributed by atoms with E-state index in [2.05, 4.69) is 4.98 Å². The number of nitrogen functional groups attached to an aromatic ring is 1. The molecule has 0 aliphatic rings.